The summed E-state index contributed by atoms with van der Waals surface area (Å²) in [6.45, 7) is 0. The Morgan fingerprint density at radius 2 is 1.71 bits per heavy atom. The van der Waals surface area contributed by atoms with Gasteiger partial charge in [0, 0.05) is 18.2 Å². The van der Waals surface area contributed by atoms with Crippen molar-refractivity contribution in [1.82, 2.24) is 9.38 Å². The van der Waals surface area contributed by atoms with Gasteiger partial charge in [-0.05, 0) is 47.5 Å². The summed E-state index contributed by atoms with van der Waals surface area (Å²) in [6.07, 6.45) is 6.12. The molecule has 5 aromatic rings. The van der Waals surface area contributed by atoms with E-state index in [-0.39, 0.29) is 0 Å². The Bertz CT molecular complexity index is 1400. The van der Waals surface area contributed by atoms with Crippen molar-refractivity contribution in [2.45, 2.75) is 6.42 Å². The van der Waals surface area contributed by atoms with E-state index in [1.165, 1.54) is 0 Å². The van der Waals surface area contributed by atoms with Crippen molar-refractivity contribution in [2.75, 3.05) is 7.11 Å². The molecule has 3 heterocycles. The highest BCUT2D eigenvalue weighted by Crippen LogP contribution is 2.29. The Morgan fingerprint density at radius 1 is 0.903 bits per heavy atom. The molecule has 0 bridgehead atoms. The van der Waals surface area contributed by atoms with Crippen molar-refractivity contribution < 1.29 is 4.74 Å². The average molecular weight is 420 g/mol. The summed E-state index contributed by atoms with van der Waals surface area (Å²) in [5, 5.41) is 0. The van der Waals surface area contributed by atoms with E-state index in [4.69, 9.17) is 9.72 Å². The van der Waals surface area contributed by atoms with Crippen LogP contribution in [0, 0.1) is 18.0 Å². The smallest absolute Gasteiger partial charge is 0.141 e. The van der Waals surface area contributed by atoms with Crippen LogP contribution in [-0.4, -0.2) is 16.5 Å². The first-order chi connectivity index (χ1) is 15.3. The number of rotatable bonds is 4. The van der Waals surface area contributed by atoms with Crippen LogP contribution < -0.4 is 4.74 Å². The first-order valence-electron chi connectivity index (χ1n) is 9.98. The monoisotopic (exact) mass is 419 g/mol. The third-order valence-corrected chi connectivity index (χ3v) is 6.02. The van der Waals surface area contributed by atoms with E-state index in [1.807, 2.05) is 71.3 Å². The lowest BCUT2D eigenvalue weighted by Gasteiger charge is -2.08. The van der Waals surface area contributed by atoms with Gasteiger partial charge in [0.1, 0.15) is 23.3 Å². The summed E-state index contributed by atoms with van der Waals surface area (Å²) >= 11 is 1.64. The molecule has 0 aliphatic heterocycles. The van der Waals surface area contributed by atoms with E-state index in [1.54, 1.807) is 18.4 Å². The molecule has 0 saturated carbocycles. The number of hydrogen-bond acceptors (Lipinski definition) is 3. The van der Waals surface area contributed by atoms with Crippen LogP contribution in [0.3, 0.4) is 0 Å². The maximum Gasteiger partial charge on any atom is 0.141 e. The van der Waals surface area contributed by atoms with Gasteiger partial charge in [0.2, 0.25) is 0 Å². The highest BCUT2D eigenvalue weighted by atomic mass is 32.1. The summed E-state index contributed by atoms with van der Waals surface area (Å²) < 4.78 is 7.48. The molecule has 0 spiro atoms. The predicted octanol–water partition coefficient (Wildman–Crippen LogP) is 5.86. The number of benzene rings is 2. The van der Waals surface area contributed by atoms with Crippen LogP contribution in [0.5, 0.6) is 5.75 Å². The van der Waals surface area contributed by atoms with Gasteiger partial charge in [0.05, 0.1) is 16.9 Å². The van der Waals surface area contributed by atoms with E-state index in [2.05, 4.69) is 36.2 Å². The molecule has 0 aliphatic carbocycles. The number of aromatic nitrogens is 2. The lowest BCUT2D eigenvalue weighted by Crippen LogP contribution is -1.96. The molecule has 0 amide bonds. The van der Waals surface area contributed by atoms with Crippen molar-refractivity contribution in [3.05, 3.63) is 113 Å². The topological polar surface area (TPSA) is 26.5 Å². The van der Waals surface area contributed by atoms with E-state index < -0.39 is 0 Å². The normalized spacial score (nSPS) is 10.6. The molecule has 2 aromatic carbocycles. The van der Waals surface area contributed by atoms with Crippen molar-refractivity contribution in [3.63, 3.8) is 0 Å². The molecule has 0 fully saturated rings. The molecule has 1 radical (unpaired) electrons. The fourth-order valence-electron chi connectivity index (χ4n) is 3.50. The number of nitrogens with zero attached hydrogens (tertiary/aromatic N) is 2. The van der Waals surface area contributed by atoms with Gasteiger partial charge in [0.15, 0.2) is 0 Å². The summed E-state index contributed by atoms with van der Waals surface area (Å²) in [4.78, 5) is 6.97. The number of hydrogen-bond donors (Lipinski definition) is 0. The number of para-hydroxylation sites is 1. The predicted molar refractivity (Wildman–Crippen MR) is 126 cm³/mol. The summed E-state index contributed by atoms with van der Waals surface area (Å²) in [6, 6.07) is 26.4. The van der Waals surface area contributed by atoms with Gasteiger partial charge in [-0.15, -0.1) is 11.3 Å². The minimum absolute atomic E-state index is 0.747. The molecule has 31 heavy (non-hydrogen) atoms. The van der Waals surface area contributed by atoms with Crippen molar-refractivity contribution in [1.29, 1.82) is 0 Å². The second-order valence-electron chi connectivity index (χ2n) is 7.07. The van der Waals surface area contributed by atoms with E-state index in [0.717, 1.165) is 50.0 Å². The van der Waals surface area contributed by atoms with Crippen LogP contribution in [0.1, 0.15) is 21.6 Å². The lowest BCUT2D eigenvalue weighted by molar-refractivity contribution is 0.410. The quantitative estimate of drug-likeness (QED) is 0.341. The highest BCUT2D eigenvalue weighted by molar-refractivity contribution is 7.16. The molecule has 149 valence electrons. The molecule has 4 heteroatoms. The van der Waals surface area contributed by atoms with Crippen LogP contribution in [0.15, 0.2) is 85.1 Å². The zero-order chi connectivity index (χ0) is 21.0. The molecule has 3 aromatic heterocycles. The van der Waals surface area contributed by atoms with Crippen molar-refractivity contribution >= 4 is 17.0 Å². The minimum Gasteiger partial charge on any atom is -0.496 e. The number of fused-ring (bicyclic) bond motifs is 1. The SMILES string of the molecule is COc1ccccc1Cc1cccn2[c]c(-c3ccc(C#Cc4ccccc4)s3)nc12. The van der Waals surface area contributed by atoms with E-state index >= 15 is 0 Å². The largest absolute Gasteiger partial charge is 0.496 e. The molecule has 0 N–H and O–H groups in total. The van der Waals surface area contributed by atoms with Crippen LogP contribution in [0.2, 0.25) is 0 Å². The van der Waals surface area contributed by atoms with Gasteiger partial charge < -0.3 is 4.74 Å². The Morgan fingerprint density at radius 3 is 2.58 bits per heavy atom. The van der Waals surface area contributed by atoms with Gasteiger partial charge in [-0.1, -0.05) is 54.3 Å². The van der Waals surface area contributed by atoms with Gasteiger partial charge in [-0.2, -0.15) is 0 Å². The zero-order valence-corrected chi connectivity index (χ0v) is 17.8. The standard InChI is InChI=1S/C27H19N2OS/c1-30-25-12-6-5-10-21(25)18-22-11-7-17-29-19-24(28-27(22)29)26-16-15-23(31-26)14-13-20-8-3-2-4-9-20/h2-12,15-17H,18H2,1H3. The van der Waals surface area contributed by atoms with Crippen LogP contribution in [0.4, 0.5) is 0 Å². The molecular formula is C27H19N2OS. The summed E-state index contributed by atoms with van der Waals surface area (Å²) in [5.74, 6) is 7.35. The number of pyridine rings is 1. The van der Waals surface area contributed by atoms with Crippen LogP contribution in [-0.2, 0) is 6.42 Å². The highest BCUT2D eigenvalue weighted by Gasteiger charge is 2.12. The number of thiophene rings is 1. The third-order valence-electron chi connectivity index (χ3n) is 5.01. The number of ether oxygens (including phenoxy) is 1. The Hall–Kier alpha value is -3.81. The Balaban J connectivity index is 1.45. The molecule has 5 rings (SSSR count). The fourth-order valence-corrected chi connectivity index (χ4v) is 4.30. The van der Waals surface area contributed by atoms with Gasteiger partial charge in [-0.3, -0.25) is 4.40 Å². The Kier molecular flexibility index (Phi) is 5.26. The van der Waals surface area contributed by atoms with Crippen molar-refractivity contribution in [3.8, 4) is 28.2 Å². The summed E-state index contributed by atoms with van der Waals surface area (Å²) in [5.41, 5.74) is 5.03. The number of methoxy groups -OCH3 is 1. The molecule has 0 atom stereocenters. The summed E-state index contributed by atoms with van der Waals surface area (Å²) in [7, 11) is 1.70. The maximum absolute atomic E-state index is 5.52. The first-order valence-corrected chi connectivity index (χ1v) is 10.8. The van der Waals surface area contributed by atoms with Gasteiger partial charge in [0.25, 0.3) is 0 Å². The number of imidazole rings is 1. The van der Waals surface area contributed by atoms with E-state index in [0.29, 0.717) is 0 Å². The Labute approximate surface area is 185 Å². The molecule has 3 nitrogen and oxygen atoms in total. The third kappa shape index (κ3) is 4.09. The lowest BCUT2D eigenvalue weighted by atomic mass is 10.1. The zero-order valence-electron chi connectivity index (χ0n) is 17.0. The van der Waals surface area contributed by atoms with Crippen LogP contribution in [0.25, 0.3) is 16.2 Å². The van der Waals surface area contributed by atoms with Gasteiger partial charge in [-0.25, -0.2) is 4.98 Å². The molecule has 0 unspecified atom stereocenters. The van der Waals surface area contributed by atoms with Crippen molar-refractivity contribution in [2.24, 2.45) is 0 Å². The second kappa shape index (κ2) is 8.51. The average Bonchev–Trinajstić information content (AvgIpc) is 3.46. The van der Waals surface area contributed by atoms with Crippen LogP contribution >= 0.6 is 11.3 Å². The fraction of sp³-hybridized carbons (Fsp3) is 0.0741. The minimum atomic E-state index is 0.747. The second-order valence-corrected chi connectivity index (χ2v) is 8.15. The van der Waals surface area contributed by atoms with Gasteiger partial charge >= 0.3 is 0 Å². The maximum atomic E-state index is 5.52. The molecule has 0 saturated heterocycles. The molecular weight excluding hydrogens is 400 g/mol. The first kappa shape index (κ1) is 19.2. The van der Waals surface area contributed by atoms with E-state index in [9.17, 15) is 0 Å². The molecule has 0 aliphatic rings.